The van der Waals surface area contributed by atoms with E-state index in [4.69, 9.17) is 15.2 Å². The highest BCUT2D eigenvalue weighted by Gasteiger charge is 2.29. The van der Waals surface area contributed by atoms with Crippen LogP contribution in [0.2, 0.25) is 0 Å². The number of rotatable bonds is 6. The van der Waals surface area contributed by atoms with Gasteiger partial charge in [0.15, 0.2) is 0 Å². The summed E-state index contributed by atoms with van der Waals surface area (Å²) in [5, 5.41) is 0. The molecule has 106 valence electrons. The summed E-state index contributed by atoms with van der Waals surface area (Å²) in [5.74, 6) is 0.946. The molecule has 0 radical (unpaired) electrons. The van der Waals surface area contributed by atoms with Crippen molar-refractivity contribution in [2.75, 3.05) is 33.4 Å². The number of ether oxygens (including phenoxy) is 2. The van der Waals surface area contributed by atoms with Crippen LogP contribution in [0, 0.1) is 0 Å². The molecule has 0 aromatic heterocycles. The molecule has 1 fully saturated rings. The van der Waals surface area contributed by atoms with Crippen LogP contribution in [0.5, 0.6) is 5.75 Å². The normalized spacial score (nSPS) is 21.5. The Morgan fingerprint density at radius 2 is 2.21 bits per heavy atom. The highest BCUT2D eigenvalue weighted by Crippen LogP contribution is 2.31. The van der Waals surface area contributed by atoms with Crippen LogP contribution in [0.3, 0.4) is 0 Å². The first-order valence-electron chi connectivity index (χ1n) is 6.98. The van der Waals surface area contributed by atoms with Crippen LogP contribution in [-0.2, 0) is 4.74 Å². The second-order valence-electron chi connectivity index (χ2n) is 4.86. The molecule has 0 aliphatic carbocycles. The van der Waals surface area contributed by atoms with Crippen molar-refractivity contribution < 1.29 is 9.47 Å². The largest absolute Gasteiger partial charge is 0.494 e. The first kappa shape index (κ1) is 14.3. The molecule has 4 nitrogen and oxygen atoms in total. The Labute approximate surface area is 115 Å². The third-order valence-corrected chi connectivity index (χ3v) is 3.75. The van der Waals surface area contributed by atoms with E-state index in [9.17, 15) is 0 Å². The van der Waals surface area contributed by atoms with Crippen molar-refractivity contribution in [3.05, 3.63) is 29.8 Å². The molecule has 0 spiro atoms. The molecular weight excluding hydrogens is 240 g/mol. The molecule has 1 aliphatic heterocycles. The molecule has 0 bridgehead atoms. The van der Waals surface area contributed by atoms with Gasteiger partial charge in [0, 0.05) is 32.3 Å². The lowest BCUT2D eigenvalue weighted by atomic mass is 10.0. The lowest BCUT2D eigenvalue weighted by Gasteiger charge is -2.28. The van der Waals surface area contributed by atoms with Crippen LogP contribution in [0.25, 0.3) is 0 Å². The summed E-state index contributed by atoms with van der Waals surface area (Å²) in [6, 6.07) is 8.39. The van der Waals surface area contributed by atoms with Gasteiger partial charge in [0.05, 0.1) is 18.8 Å². The first-order valence-corrected chi connectivity index (χ1v) is 6.98. The Bertz CT molecular complexity index is 397. The lowest BCUT2D eigenvalue weighted by Crippen LogP contribution is -2.33. The molecule has 4 heteroatoms. The van der Waals surface area contributed by atoms with E-state index >= 15 is 0 Å². The fourth-order valence-corrected chi connectivity index (χ4v) is 2.74. The molecule has 1 aliphatic rings. The van der Waals surface area contributed by atoms with E-state index in [1.807, 2.05) is 25.1 Å². The number of para-hydroxylation sites is 1. The molecule has 19 heavy (non-hydrogen) atoms. The van der Waals surface area contributed by atoms with Crippen LogP contribution in [0.15, 0.2) is 24.3 Å². The fraction of sp³-hybridized carbons (Fsp3) is 0.600. The zero-order valence-corrected chi connectivity index (χ0v) is 11.8. The number of benzene rings is 1. The molecule has 2 N–H and O–H groups in total. The molecule has 2 unspecified atom stereocenters. The summed E-state index contributed by atoms with van der Waals surface area (Å²) in [7, 11) is 1.78. The van der Waals surface area contributed by atoms with E-state index in [1.165, 1.54) is 5.56 Å². The van der Waals surface area contributed by atoms with Gasteiger partial charge in [-0.05, 0) is 19.4 Å². The molecule has 1 aromatic carbocycles. The maximum Gasteiger partial charge on any atom is 0.124 e. The smallest absolute Gasteiger partial charge is 0.124 e. The van der Waals surface area contributed by atoms with E-state index in [-0.39, 0.29) is 6.04 Å². The van der Waals surface area contributed by atoms with Crippen molar-refractivity contribution >= 4 is 0 Å². The van der Waals surface area contributed by atoms with E-state index < -0.39 is 0 Å². The van der Waals surface area contributed by atoms with Crippen molar-refractivity contribution in [1.82, 2.24) is 4.90 Å². The molecule has 2 atom stereocenters. The topological polar surface area (TPSA) is 47.7 Å². The van der Waals surface area contributed by atoms with E-state index in [1.54, 1.807) is 7.11 Å². The number of methoxy groups -OCH3 is 1. The van der Waals surface area contributed by atoms with Gasteiger partial charge in [-0.2, -0.15) is 0 Å². The third kappa shape index (κ3) is 3.26. The maximum atomic E-state index is 6.00. The fourth-order valence-electron chi connectivity index (χ4n) is 2.74. The zero-order chi connectivity index (χ0) is 13.7. The van der Waals surface area contributed by atoms with E-state index in [0.717, 1.165) is 25.3 Å². The molecule has 1 aromatic rings. The van der Waals surface area contributed by atoms with Gasteiger partial charge in [0.25, 0.3) is 0 Å². The summed E-state index contributed by atoms with van der Waals surface area (Å²) in [6.45, 7) is 5.25. The number of likely N-dealkylation sites (tertiary alicyclic amines) is 1. The molecule has 1 saturated heterocycles. The van der Waals surface area contributed by atoms with Crippen molar-refractivity contribution in [2.45, 2.75) is 25.5 Å². The summed E-state index contributed by atoms with van der Waals surface area (Å²) >= 11 is 0. The number of hydrogen-bond acceptors (Lipinski definition) is 4. The molecule has 1 heterocycles. The summed E-state index contributed by atoms with van der Waals surface area (Å²) in [6.07, 6.45) is 1.40. The number of hydrogen-bond donors (Lipinski definition) is 1. The van der Waals surface area contributed by atoms with Gasteiger partial charge in [-0.15, -0.1) is 0 Å². The van der Waals surface area contributed by atoms with Gasteiger partial charge >= 0.3 is 0 Å². The predicted molar refractivity (Wildman–Crippen MR) is 76.4 cm³/mol. The summed E-state index contributed by atoms with van der Waals surface area (Å²) < 4.78 is 11.2. The molecule has 0 amide bonds. The highest BCUT2D eigenvalue weighted by atomic mass is 16.5. The average Bonchev–Trinajstić information content (AvgIpc) is 2.91. The monoisotopic (exact) mass is 264 g/mol. The van der Waals surface area contributed by atoms with Gasteiger partial charge in [0.2, 0.25) is 0 Å². The second kappa shape index (κ2) is 6.89. The summed E-state index contributed by atoms with van der Waals surface area (Å²) in [4.78, 5) is 2.39. The molecule has 2 rings (SSSR count). The van der Waals surface area contributed by atoms with Gasteiger partial charge < -0.3 is 15.2 Å². The van der Waals surface area contributed by atoms with Gasteiger partial charge in [-0.1, -0.05) is 18.2 Å². The Hall–Kier alpha value is -1.10. The average molecular weight is 264 g/mol. The minimum absolute atomic E-state index is 0.211. The van der Waals surface area contributed by atoms with Crippen molar-refractivity contribution in [2.24, 2.45) is 5.73 Å². The van der Waals surface area contributed by atoms with Crippen molar-refractivity contribution in [3.63, 3.8) is 0 Å². The third-order valence-electron chi connectivity index (χ3n) is 3.75. The van der Waals surface area contributed by atoms with Crippen LogP contribution in [0.4, 0.5) is 0 Å². The first-order chi connectivity index (χ1) is 9.30. The van der Waals surface area contributed by atoms with Gasteiger partial charge in [-0.25, -0.2) is 0 Å². The second-order valence-corrected chi connectivity index (χ2v) is 4.86. The molecule has 0 saturated carbocycles. The van der Waals surface area contributed by atoms with Crippen LogP contribution < -0.4 is 10.5 Å². The quantitative estimate of drug-likeness (QED) is 0.851. The van der Waals surface area contributed by atoms with Crippen molar-refractivity contribution in [3.8, 4) is 5.75 Å². The Kier molecular flexibility index (Phi) is 5.19. The van der Waals surface area contributed by atoms with Gasteiger partial charge in [0.1, 0.15) is 5.75 Å². The summed E-state index contributed by atoms with van der Waals surface area (Å²) in [5.41, 5.74) is 7.18. The predicted octanol–water partition coefficient (Wildman–Crippen LogP) is 1.81. The number of nitrogens with two attached hydrogens (primary N) is 1. The minimum atomic E-state index is 0.211. The standard InChI is InChI=1S/C15H24N2O2/c1-3-19-15-7-5-4-6-13(15)14(10-16)17-9-8-12(11-17)18-2/h4-7,12,14H,3,8-11,16H2,1-2H3. The minimum Gasteiger partial charge on any atom is -0.494 e. The maximum absolute atomic E-state index is 6.00. The van der Waals surface area contributed by atoms with E-state index in [0.29, 0.717) is 19.3 Å². The lowest BCUT2D eigenvalue weighted by molar-refractivity contribution is 0.101. The highest BCUT2D eigenvalue weighted by molar-refractivity contribution is 5.36. The molecular formula is C15H24N2O2. The van der Waals surface area contributed by atoms with E-state index in [2.05, 4.69) is 11.0 Å². The van der Waals surface area contributed by atoms with Gasteiger partial charge in [-0.3, -0.25) is 4.90 Å². The zero-order valence-electron chi connectivity index (χ0n) is 11.8. The Balaban J connectivity index is 2.17. The Morgan fingerprint density at radius 3 is 2.84 bits per heavy atom. The van der Waals surface area contributed by atoms with Crippen LogP contribution in [-0.4, -0.2) is 44.4 Å². The van der Waals surface area contributed by atoms with Crippen LogP contribution >= 0.6 is 0 Å². The van der Waals surface area contributed by atoms with Crippen molar-refractivity contribution in [1.29, 1.82) is 0 Å². The SMILES string of the molecule is CCOc1ccccc1C(CN)N1CCC(OC)C1. The number of nitrogens with zero attached hydrogens (tertiary/aromatic N) is 1. The van der Waals surface area contributed by atoms with Crippen LogP contribution in [0.1, 0.15) is 24.9 Å². The Morgan fingerprint density at radius 1 is 1.42 bits per heavy atom.